The van der Waals surface area contributed by atoms with Crippen LogP contribution in [-0.2, 0) is 14.3 Å². The molecular formula is C20H26O4. The normalized spacial score (nSPS) is 47.5. The van der Waals surface area contributed by atoms with Crippen molar-refractivity contribution < 1.29 is 18.7 Å². The number of carbonyl (C=O) groups is 1. The molecule has 5 rings (SSSR count). The Morgan fingerprint density at radius 1 is 1.25 bits per heavy atom. The maximum atomic E-state index is 12.3. The number of rotatable bonds is 1. The van der Waals surface area contributed by atoms with Crippen molar-refractivity contribution in [2.24, 2.45) is 28.6 Å². The van der Waals surface area contributed by atoms with E-state index in [-0.39, 0.29) is 28.8 Å². The summed E-state index contributed by atoms with van der Waals surface area (Å²) < 4.78 is 17.1. The first-order chi connectivity index (χ1) is 11.6. The Morgan fingerprint density at radius 3 is 3.00 bits per heavy atom. The van der Waals surface area contributed by atoms with E-state index in [1.807, 2.05) is 12.3 Å². The minimum Gasteiger partial charge on any atom is -0.472 e. The molecule has 1 aromatic rings. The van der Waals surface area contributed by atoms with Crippen molar-refractivity contribution in [1.29, 1.82) is 0 Å². The van der Waals surface area contributed by atoms with Gasteiger partial charge in [-0.25, -0.2) is 0 Å². The van der Waals surface area contributed by atoms with Crippen LogP contribution in [0.5, 0.6) is 0 Å². The van der Waals surface area contributed by atoms with Gasteiger partial charge >= 0.3 is 5.97 Å². The van der Waals surface area contributed by atoms with Crippen molar-refractivity contribution in [3.8, 4) is 0 Å². The quantitative estimate of drug-likeness (QED) is 0.727. The monoisotopic (exact) mass is 330 g/mol. The Morgan fingerprint density at radius 2 is 2.17 bits per heavy atom. The van der Waals surface area contributed by atoms with Crippen LogP contribution in [0.15, 0.2) is 23.0 Å². The van der Waals surface area contributed by atoms with Gasteiger partial charge in [-0.15, -0.1) is 0 Å². The van der Waals surface area contributed by atoms with Crippen LogP contribution < -0.4 is 0 Å². The topological polar surface area (TPSA) is 48.7 Å². The average Bonchev–Trinajstić information content (AvgIpc) is 3.22. The second-order valence-electron chi connectivity index (χ2n) is 8.70. The number of hydrogen-bond donors (Lipinski definition) is 0. The molecule has 1 aromatic heterocycles. The molecule has 0 unspecified atom stereocenters. The van der Waals surface area contributed by atoms with Crippen molar-refractivity contribution >= 4 is 5.97 Å². The zero-order valence-electron chi connectivity index (χ0n) is 14.3. The van der Waals surface area contributed by atoms with Crippen LogP contribution in [0.1, 0.15) is 57.1 Å². The lowest BCUT2D eigenvalue weighted by Gasteiger charge is -2.61. The zero-order chi connectivity index (χ0) is 16.4. The van der Waals surface area contributed by atoms with Crippen molar-refractivity contribution in [2.45, 2.75) is 51.6 Å². The van der Waals surface area contributed by atoms with Crippen LogP contribution in [0, 0.1) is 28.6 Å². The van der Waals surface area contributed by atoms with Gasteiger partial charge in [0.1, 0.15) is 0 Å². The van der Waals surface area contributed by atoms with Gasteiger partial charge in [0.15, 0.2) is 0 Å². The highest BCUT2D eigenvalue weighted by Gasteiger charge is 2.65. The van der Waals surface area contributed by atoms with E-state index in [9.17, 15) is 4.79 Å². The predicted octanol–water partition coefficient (Wildman–Crippen LogP) is 4.12. The van der Waals surface area contributed by atoms with Crippen LogP contribution in [0.3, 0.4) is 0 Å². The fourth-order valence-corrected chi connectivity index (χ4v) is 6.61. The van der Waals surface area contributed by atoms with Crippen molar-refractivity contribution in [2.75, 3.05) is 13.2 Å². The van der Waals surface area contributed by atoms with E-state index in [1.54, 1.807) is 6.26 Å². The summed E-state index contributed by atoms with van der Waals surface area (Å²) in [5, 5.41) is 0. The molecule has 2 saturated carbocycles. The molecule has 4 aliphatic rings. The number of esters is 1. The first-order valence-electron chi connectivity index (χ1n) is 9.44. The smallest absolute Gasteiger partial charge is 0.309 e. The third-order valence-corrected chi connectivity index (χ3v) is 7.87. The standard InChI is InChI=1S/C20H26O4/c1-19-9-16(13-6-8-22-10-13)23-11-14(19)5-7-20-12-24-18(21)15(20)3-2-4-17(19)20/h6,8,10,14-17H,2-5,7,9,11-12H2,1H3/t14-,15+,16+,17-,19-,20+/m0/s1. The molecule has 0 radical (unpaired) electrons. The minimum atomic E-state index is 0.0696. The van der Waals surface area contributed by atoms with Crippen LogP contribution >= 0.6 is 0 Å². The van der Waals surface area contributed by atoms with E-state index in [1.165, 1.54) is 6.42 Å². The molecule has 2 saturated heterocycles. The fourth-order valence-electron chi connectivity index (χ4n) is 6.61. The summed E-state index contributed by atoms with van der Waals surface area (Å²) in [6.45, 7) is 3.95. The Labute approximate surface area is 142 Å². The fraction of sp³-hybridized carbons (Fsp3) is 0.750. The molecule has 0 bridgehead atoms. The second kappa shape index (κ2) is 5.10. The molecule has 6 atom stereocenters. The van der Waals surface area contributed by atoms with E-state index >= 15 is 0 Å². The highest BCUT2D eigenvalue weighted by atomic mass is 16.5. The van der Waals surface area contributed by atoms with E-state index in [0.29, 0.717) is 18.4 Å². The lowest BCUT2D eigenvalue weighted by Crippen LogP contribution is -2.57. The van der Waals surface area contributed by atoms with Gasteiger partial charge < -0.3 is 13.9 Å². The zero-order valence-corrected chi connectivity index (χ0v) is 14.3. The van der Waals surface area contributed by atoms with Gasteiger partial charge in [0.05, 0.1) is 37.8 Å². The summed E-state index contributed by atoms with van der Waals surface area (Å²) in [5.74, 6) is 1.39. The molecule has 3 heterocycles. The van der Waals surface area contributed by atoms with Crippen LogP contribution in [-0.4, -0.2) is 19.2 Å². The van der Waals surface area contributed by atoms with Crippen LogP contribution in [0.25, 0.3) is 0 Å². The summed E-state index contributed by atoms with van der Waals surface area (Å²) in [7, 11) is 0. The maximum absolute atomic E-state index is 12.3. The van der Waals surface area contributed by atoms with Gasteiger partial charge in [-0.05, 0) is 55.4 Å². The van der Waals surface area contributed by atoms with Crippen LogP contribution in [0.4, 0.5) is 0 Å². The van der Waals surface area contributed by atoms with Gasteiger partial charge in [-0.3, -0.25) is 4.79 Å². The summed E-state index contributed by atoms with van der Waals surface area (Å²) in [6, 6.07) is 2.03. The number of cyclic esters (lactones) is 1. The summed E-state index contributed by atoms with van der Waals surface area (Å²) in [6.07, 6.45) is 10.4. The Hall–Kier alpha value is -1.29. The first kappa shape index (κ1) is 15.0. The number of ether oxygens (including phenoxy) is 2. The number of furan rings is 1. The Balaban J connectivity index is 1.51. The highest BCUT2D eigenvalue weighted by Crippen LogP contribution is 2.67. The SMILES string of the molecule is C[C@]12C[C@H](c3ccoc3)OC[C@@H]1CC[C@@]13COC(=O)[C@H]1CCC[C@@H]23. The predicted molar refractivity (Wildman–Crippen MR) is 87.1 cm³/mol. The van der Waals surface area contributed by atoms with Crippen molar-refractivity contribution in [3.05, 3.63) is 24.2 Å². The van der Waals surface area contributed by atoms with Crippen molar-refractivity contribution in [3.63, 3.8) is 0 Å². The van der Waals surface area contributed by atoms with Crippen LogP contribution in [0.2, 0.25) is 0 Å². The van der Waals surface area contributed by atoms with E-state index in [0.717, 1.165) is 44.3 Å². The molecule has 4 fully saturated rings. The molecule has 0 aromatic carbocycles. The summed E-state index contributed by atoms with van der Waals surface area (Å²) >= 11 is 0. The van der Waals surface area contributed by atoms with Gasteiger partial charge in [0.2, 0.25) is 0 Å². The third kappa shape index (κ3) is 1.86. The highest BCUT2D eigenvalue weighted by molar-refractivity contribution is 5.76. The molecular weight excluding hydrogens is 304 g/mol. The lowest BCUT2D eigenvalue weighted by atomic mass is 9.44. The Kier molecular flexibility index (Phi) is 3.19. The first-order valence-corrected chi connectivity index (χ1v) is 9.44. The van der Waals surface area contributed by atoms with Crippen molar-refractivity contribution in [1.82, 2.24) is 0 Å². The molecule has 4 heteroatoms. The summed E-state index contributed by atoms with van der Waals surface area (Å²) in [5.41, 5.74) is 1.48. The summed E-state index contributed by atoms with van der Waals surface area (Å²) in [4.78, 5) is 12.3. The Bertz CT molecular complexity index is 638. The van der Waals surface area contributed by atoms with E-state index in [2.05, 4.69) is 6.92 Å². The lowest BCUT2D eigenvalue weighted by molar-refractivity contribution is -0.184. The molecule has 130 valence electrons. The molecule has 24 heavy (non-hydrogen) atoms. The third-order valence-electron chi connectivity index (χ3n) is 7.87. The van der Waals surface area contributed by atoms with Gasteiger partial charge in [0.25, 0.3) is 0 Å². The minimum absolute atomic E-state index is 0.0696. The second-order valence-corrected chi connectivity index (χ2v) is 8.70. The van der Waals surface area contributed by atoms with Gasteiger partial charge in [0, 0.05) is 11.0 Å². The molecule has 2 aliphatic heterocycles. The average molecular weight is 330 g/mol. The largest absolute Gasteiger partial charge is 0.472 e. The van der Waals surface area contributed by atoms with Gasteiger partial charge in [-0.2, -0.15) is 0 Å². The number of carbonyl (C=O) groups excluding carboxylic acids is 1. The molecule has 0 N–H and O–H groups in total. The van der Waals surface area contributed by atoms with E-state index < -0.39 is 0 Å². The molecule has 1 spiro atoms. The number of fused-ring (bicyclic) bond motifs is 2. The van der Waals surface area contributed by atoms with Gasteiger partial charge in [-0.1, -0.05) is 13.3 Å². The molecule has 2 aliphatic carbocycles. The maximum Gasteiger partial charge on any atom is 0.309 e. The number of hydrogen-bond acceptors (Lipinski definition) is 4. The molecule has 0 amide bonds. The molecule has 4 nitrogen and oxygen atoms in total. The van der Waals surface area contributed by atoms with E-state index in [4.69, 9.17) is 13.9 Å².